The Labute approximate surface area is 145 Å². The first-order valence-corrected chi connectivity index (χ1v) is 7.94. The van der Waals surface area contributed by atoms with E-state index in [1.807, 2.05) is 26.0 Å². The minimum absolute atomic E-state index is 0.203. The molecule has 25 heavy (non-hydrogen) atoms. The van der Waals surface area contributed by atoms with Crippen LogP contribution in [0.1, 0.15) is 30.5 Å². The lowest BCUT2D eigenvalue weighted by Gasteiger charge is -2.14. The summed E-state index contributed by atoms with van der Waals surface area (Å²) in [5, 5.41) is 15.1. The molecule has 0 spiro atoms. The smallest absolute Gasteiger partial charge is 0.222 e. The number of amides is 1. The number of anilines is 3. The molecule has 0 aliphatic carbocycles. The monoisotopic (exact) mass is 334 g/mol. The van der Waals surface area contributed by atoms with Crippen molar-refractivity contribution < 1.29 is 4.79 Å². The molecule has 0 fully saturated rings. The van der Waals surface area contributed by atoms with E-state index in [-0.39, 0.29) is 5.91 Å². The van der Waals surface area contributed by atoms with Gasteiger partial charge in [0.05, 0.1) is 23.5 Å². The maximum Gasteiger partial charge on any atom is 0.222 e. The number of H-pyrrole nitrogens is 1. The lowest BCUT2D eigenvalue weighted by Crippen LogP contribution is -2.10. The van der Waals surface area contributed by atoms with Gasteiger partial charge in [0.15, 0.2) is 5.82 Å². The second-order valence-corrected chi connectivity index (χ2v) is 5.70. The fourth-order valence-electron chi connectivity index (χ4n) is 2.71. The predicted molar refractivity (Wildman–Crippen MR) is 96.7 cm³/mol. The molecule has 0 saturated heterocycles. The first kappa shape index (κ1) is 16.5. The number of carbonyl (C=O) groups excluding carboxylic acids is 1. The molecule has 1 amide bonds. The summed E-state index contributed by atoms with van der Waals surface area (Å²) in [6, 6.07) is 7.64. The van der Waals surface area contributed by atoms with E-state index in [0.29, 0.717) is 22.7 Å². The minimum Gasteiger partial charge on any atom is -0.342 e. The second kappa shape index (κ2) is 6.61. The van der Waals surface area contributed by atoms with Gasteiger partial charge in [-0.2, -0.15) is 5.26 Å². The summed E-state index contributed by atoms with van der Waals surface area (Å²) in [6.07, 6.45) is 2.35. The lowest BCUT2D eigenvalue weighted by atomic mass is 10.1. The molecule has 0 unspecified atom stereocenters. The van der Waals surface area contributed by atoms with Crippen LogP contribution < -0.4 is 10.6 Å². The third-order valence-corrected chi connectivity index (χ3v) is 3.97. The van der Waals surface area contributed by atoms with E-state index < -0.39 is 0 Å². The van der Waals surface area contributed by atoms with Gasteiger partial charge < -0.3 is 15.6 Å². The SMILES string of the molecule is CCc1cc(C#N)ccc1Nc1nc(NC(C)=O)c2[nH]cnc2c1C. The number of imidazole rings is 1. The van der Waals surface area contributed by atoms with Crippen molar-refractivity contribution >= 4 is 34.3 Å². The Morgan fingerprint density at radius 1 is 1.36 bits per heavy atom. The van der Waals surface area contributed by atoms with Crippen molar-refractivity contribution in [1.82, 2.24) is 15.0 Å². The van der Waals surface area contributed by atoms with E-state index in [1.165, 1.54) is 6.92 Å². The Bertz CT molecular complexity index is 999. The molecule has 0 radical (unpaired) electrons. The molecule has 0 aliphatic rings. The maximum absolute atomic E-state index is 11.5. The van der Waals surface area contributed by atoms with Crippen LogP contribution in [-0.4, -0.2) is 20.9 Å². The highest BCUT2D eigenvalue weighted by molar-refractivity contribution is 5.99. The number of nitriles is 1. The van der Waals surface area contributed by atoms with Gasteiger partial charge in [-0.1, -0.05) is 6.92 Å². The highest BCUT2D eigenvalue weighted by Gasteiger charge is 2.15. The summed E-state index contributed by atoms with van der Waals surface area (Å²) in [7, 11) is 0. The Hall–Kier alpha value is -3.40. The predicted octanol–water partition coefficient (Wildman–Crippen LogP) is 3.40. The molecule has 1 aromatic carbocycles. The van der Waals surface area contributed by atoms with E-state index in [9.17, 15) is 4.79 Å². The van der Waals surface area contributed by atoms with Crippen molar-refractivity contribution in [2.75, 3.05) is 10.6 Å². The fourth-order valence-corrected chi connectivity index (χ4v) is 2.71. The number of rotatable bonds is 4. The van der Waals surface area contributed by atoms with E-state index in [4.69, 9.17) is 5.26 Å². The number of benzene rings is 1. The van der Waals surface area contributed by atoms with Crippen LogP contribution in [-0.2, 0) is 11.2 Å². The third kappa shape index (κ3) is 3.15. The average Bonchev–Trinajstić information content (AvgIpc) is 3.09. The summed E-state index contributed by atoms with van der Waals surface area (Å²) >= 11 is 0. The van der Waals surface area contributed by atoms with E-state index in [1.54, 1.807) is 12.4 Å². The molecular formula is C18H18N6O. The Morgan fingerprint density at radius 2 is 2.16 bits per heavy atom. The number of pyridine rings is 1. The molecule has 2 heterocycles. The van der Waals surface area contributed by atoms with Crippen LogP contribution in [0.2, 0.25) is 0 Å². The molecule has 0 bridgehead atoms. The van der Waals surface area contributed by atoms with Crippen LogP contribution in [0.4, 0.5) is 17.3 Å². The van der Waals surface area contributed by atoms with Crippen LogP contribution in [0, 0.1) is 18.3 Å². The zero-order valence-electron chi connectivity index (χ0n) is 14.3. The fraction of sp³-hybridized carbons (Fsp3) is 0.222. The molecule has 126 valence electrons. The molecule has 3 rings (SSSR count). The van der Waals surface area contributed by atoms with Gasteiger partial charge in [0.25, 0.3) is 0 Å². The summed E-state index contributed by atoms with van der Waals surface area (Å²) in [4.78, 5) is 23.4. The van der Waals surface area contributed by atoms with Crippen molar-refractivity contribution in [3.63, 3.8) is 0 Å². The topological polar surface area (TPSA) is 106 Å². The van der Waals surface area contributed by atoms with Crippen molar-refractivity contribution in [2.45, 2.75) is 27.2 Å². The van der Waals surface area contributed by atoms with Gasteiger partial charge in [0, 0.05) is 18.2 Å². The molecule has 3 aromatic rings. The number of aromatic nitrogens is 3. The Kier molecular flexibility index (Phi) is 4.35. The van der Waals surface area contributed by atoms with Gasteiger partial charge in [0.1, 0.15) is 11.3 Å². The molecule has 7 nitrogen and oxygen atoms in total. The second-order valence-electron chi connectivity index (χ2n) is 5.70. The van der Waals surface area contributed by atoms with Gasteiger partial charge in [-0.3, -0.25) is 4.79 Å². The zero-order chi connectivity index (χ0) is 18.0. The molecule has 7 heteroatoms. The van der Waals surface area contributed by atoms with Crippen LogP contribution >= 0.6 is 0 Å². The van der Waals surface area contributed by atoms with Crippen molar-refractivity contribution in [3.05, 3.63) is 41.2 Å². The summed E-state index contributed by atoms with van der Waals surface area (Å²) in [5.41, 5.74) is 4.82. The molecule has 0 saturated carbocycles. The summed E-state index contributed by atoms with van der Waals surface area (Å²) in [5.74, 6) is 0.841. The van der Waals surface area contributed by atoms with Crippen LogP contribution in [0.3, 0.4) is 0 Å². The highest BCUT2D eigenvalue weighted by Crippen LogP contribution is 2.30. The number of nitrogens with one attached hydrogen (secondary N) is 3. The van der Waals surface area contributed by atoms with Crippen LogP contribution in [0.5, 0.6) is 0 Å². The van der Waals surface area contributed by atoms with E-state index in [2.05, 4.69) is 31.7 Å². The number of carbonyl (C=O) groups is 1. The lowest BCUT2D eigenvalue weighted by molar-refractivity contribution is -0.114. The number of aryl methyl sites for hydroxylation is 2. The number of nitrogens with zero attached hydrogens (tertiary/aromatic N) is 3. The third-order valence-electron chi connectivity index (χ3n) is 3.97. The van der Waals surface area contributed by atoms with Crippen molar-refractivity contribution in [1.29, 1.82) is 5.26 Å². The number of aromatic amines is 1. The summed E-state index contributed by atoms with van der Waals surface area (Å²) in [6.45, 7) is 5.39. The maximum atomic E-state index is 11.5. The van der Waals surface area contributed by atoms with Crippen molar-refractivity contribution in [3.8, 4) is 6.07 Å². The van der Waals surface area contributed by atoms with E-state index >= 15 is 0 Å². The Morgan fingerprint density at radius 3 is 2.84 bits per heavy atom. The minimum atomic E-state index is -0.203. The number of hydrogen-bond donors (Lipinski definition) is 3. The Balaban J connectivity index is 2.09. The van der Waals surface area contributed by atoms with Crippen LogP contribution in [0.15, 0.2) is 24.5 Å². The van der Waals surface area contributed by atoms with Gasteiger partial charge in [-0.25, -0.2) is 9.97 Å². The molecule has 0 aliphatic heterocycles. The number of hydrogen-bond acceptors (Lipinski definition) is 5. The normalized spacial score (nSPS) is 10.5. The van der Waals surface area contributed by atoms with E-state index in [0.717, 1.165) is 28.8 Å². The first-order chi connectivity index (χ1) is 12.0. The zero-order valence-corrected chi connectivity index (χ0v) is 14.3. The van der Waals surface area contributed by atoms with Gasteiger partial charge in [-0.05, 0) is 37.1 Å². The van der Waals surface area contributed by atoms with Crippen molar-refractivity contribution in [2.24, 2.45) is 0 Å². The highest BCUT2D eigenvalue weighted by atomic mass is 16.1. The number of fused-ring (bicyclic) bond motifs is 1. The molecule has 0 atom stereocenters. The van der Waals surface area contributed by atoms with Gasteiger partial charge in [-0.15, -0.1) is 0 Å². The summed E-state index contributed by atoms with van der Waals surface area (Å²) < 4.78 is 0. The van der Waals surface area contributed by atoms with Crippen LogP contribution in [0.25, 0.3) is 11.0 Å². The quantitative estimate of drug-likeness (QED) is 0.678. The standard InChI is InChI=1S/C18H18N6O/c1-4-13-7-12(8-19)5-6-14(13)23-17-10(2)15-16(21-9-20-15)18(24-17)22-11(3)25/h5-7,9H,4H2,1-3H3,(H,20,21)(H2,22,23,24,25). The van der Waals surface area contributed by atoms with Gasteiger partial charge >= 0.3 is 0 Å². The molecule has 2 aromatic heterocycles. The average molecular weight is 334 g/mol. The first-order valence-electron chi connectivity index (χ1n) is 7.94. The largest absolute Gasteiger partial charge is 0.342 e. The van der Waals surface area contributed by atoms with Gasteiger partial charge in [0.2, 0.25) is 5.91 Å². The molecular weight excluding hydrogens is 316 g/mol. The molecule has 3 N–H and O–H groups in total.